The number of likely N-dealkylation sites (tertiary alicyclic amines) is 1. The number of oxazole rings is 2. The number of para-hydroxylation sites is 1. The van der Waals surface area contributed by atoms with Gasteiger partial charge >= 0.3 is 6.36 Å². The molecule has 0 saturated carbocycles. The van der Waals surface area contributed by atoms with Gasteiger partial charge in [-0.15, -0.1) is 13.2 Å². The number of hydrogen-bond acceptors (Lipinski definition) is 9. The number of nitrogens with zero attached hydrogens (tertiary/aromatic N) is 3. The number of carbonyl (C=O) groups is 1. The summed E-state index contributed by atoms with van der Waals surface area (Å²) in [5.74, 6) is -0.229. The molecule has 0 bridgehead atoms. The largest absolute Gasteiger partial charge is 0.573 e. The van der Waals surface area contributed by atoms with Crippen LogP contribution in [0.4, 0.5) is 25.2 Å². The molecule has 2 fully saturated rings. The number of ether oxygens (including phenoxy) is 1. The van der Waals surface area contributed by atoms with E-state index in [1.807, 2.05) is 12.1 Å². The molecule has 47 heavy (non-hydrogen) atoms. The maximum absolute atomic E-state index is 12.7. The van der Waals surface area contributed by atoms with Gasteiger partial charge in [0.15, 0.2) is 11.2 Å². The van der Waals surface area contributed by atoms with E-state index in [4.69, 9.17) is 32.0 Å². The van der Waals surface area contributed by atoms with Crippen LogP contribution < -0.4 is 20.7 Å². The molecule has 2 aliphatic heterocycles. The van der Waals surface area contributed by atoms with E-state index >= 15 is 0 Å². The van der Waals surface area contributed by atoms with Gasteiger partial charge in [-0.2, -0.15) is 9.97 Å². The molecule has 0 aliphatic carbocycles. The SMILES string of the molecule is Clc1ccc2nc(NC[C@@H]3CCNC3)oc2c1.O=C(c1ccccc1OC(F)(F)F)N1CC[C@@H](CNc2nc3ccc(Cl)cc3o2)C1. The number of fused-ring (bicyclic) bond motifs is 2. The number of anilines is 2. The second kappa shape index (κ2) is 14.3. The Labute approximate surface area is 277 Å². The van der Waals surface area contributed by atoms with E-state index in [9.17, 15) is 18.0 Å². The second-order valence-electron chi connectivity index (χ2n) is 11.3. The Hall–Kier alpha value is -4.20. The molecule has 2 aliphatic rings. The first kappa shape index (κ1) is 32.7. The Morgan fingerprint density at radius 1 is 0.915 bits per heavy atom. The van der Waals surface area contributed by atoms with Crippen LogP contribution >= 0.6 is 23.2 Å². The summed E-state index contributed by atoms with van der Waals surface area (Å²) in [5, 5.41) is 10.9. The summed E-state index contributed by atoms with van der Waals surface area (Å²) >= 11 is 11.8. The molecule has 0 radical (unpaired) electrons. The molecule has 10 nitrogen and oxygen atoms in total. The summed E-state index contributed by atoms with van der Waals surface area (Å²) in [6.45, 7) is 4.42. The van der Waals surface area contributed by atoms with Crippen LogP contribution in [0.1, 0.15) is 23.2 Å². The van der Waals surface area contributed by atoms with Crippen molar-refractivity contribution < 1.29 is 31.5 Å². The molecule has 1 amide bonds. The lowest BCUT2D eigenvalue weighted by atomic mass is 10.1. The van der Waals surface area contributed by atoms with Crippen LogP contribution in [0.2, 0.25) is 10.0 Å². The van der Waals surface area contributed by atoms with Gasteiger partial charge in [0.05, 0.1) is 5.56 Å². The molecule has 2 atom stereocenters. The Morgan fingerprint density at radius 3 is 2.13 bits per heavy atom. The predicted molar refractivity (Wildman–Crippen MR) is 173 cm³/mol. The van der Waals surface area contributed by atoms with Gasteiger partial charge in [-0.1, -0.05) is 35.3 Å². The van der Waals surface area contributed by atoms with Crippen LogP contribution in [-0.2, 0) is 0 Å². The fourth-order valence-corrected chi connectivity index (χ4v) is 5.84. The summed E-state index contributed by atoms with van der Waals surface area (Å²) in [6.07, 6.45) is -2.95. The van der Waals surface area contributed by atoms with Crippen molar-refractivity contribution >= 4 is 63.3 Å². The first-order valence-corrected chi connectivity index (χ1v) is 15.8. The van der Waals surface area contributed by atoms with Crippen LogP contribution in [0.5, 0.6) is 5.75 Å². The van der Waals surface area contributed by atoms with E-state index < -0.39 is 18.0 Å². The van der Waals surface area contributed by atoms with Crippen molar-refractivity contribution in [3.8, 4) is 5.75 Å². The maximum atomic E-state index is 12.7. The highest BCUT2D eigenvalue weighted by atomic mass is 35.5. The van der Waals surface area contributed by atoms with Gasteiger partial charge in [0.2, 0.25) is 0 Å². The molecule has 2 saturated heterocycles. The lowest BCUT2D eigenvalue weighted by molar-refractivity contribution is -0.274. The first-order valence-electron chi connectivity index (χ1n) is 15.0. The van der Waals surface area contributed by atoms with Crippen molar-refractivity contribution in [2.24, 2.45) is 11.8 Å². The van der Waals surface area contributed by atoms with Crippen LogP contribution in [0.15, 0.2) is 69.5 Å². The molecule has 0 unspecified atom stereocenters. The number of nitrogens with one attached hydrogen (secondary N) is 3. The monoisotopic (exact) mass is 690 g/mol. The second-order valence-corrected chi connectivity index (χ2v) is 12.2. The fraction of sp³-hybridized carbons (Fsp3) is 0.344. The first-order chi connectivity index (χ1) is 22.6. The standard InChI is InChI=1S/C20H17ClF3N3O3.C12H14ClN3O/c21-13-5-6-15-17(9-13)29-19(26-15)25-10-12-7-8-27(11-12)18(28)14-3-1-2-4-16(14)30-20(22,23)24;13-9-1-2-10-11(5-9)17-12(16-10)15-7-8-3-4-14-6-8/h1-6,9,12H,7-8,10-11H2,(H,25,26);1-2,5,8,14H,3-4,6-7H2,(H,15,16)/t12-;8-/m01/s1. The molecule has 2 aromatic heterocycles. The highest BCUT2D eigenvalue weighted by Crippen LogP contribution is 2.29. The zero-order valence-corrected chi connectivity index (χ0v) is 26.5. The molecule has 4 heterocycles. The molecule has 0 spiro atoms. The molecular weight excluding hydrogens is 660 g/mol. The van der Waals surface area contributed by atoms with Crippen LogP contribution in [0.3, 0.4) is 0 Å². The summed E-state index contributed by atoms with van der Waals surface area (Å²) in [5.41, 5.74) is 2.69. The van der Waals surface area contributed by atoms with Gasteiger partial charge in [0.25, 0.3) is 17.9 Å². The summed E-state index contributed by atoms with van der Waals surface area (Å²) in [4.78, 5) is 22.9. The van der Waals surface area contributed by atoms with E-state index in [2.05, 4.69) is 30.7 Å². The van der Waals surface area contributed by atoms with E-state index in [0.29, 0.717) is 65.1 Å². The third-order valence-corrected chi connectivity index (χ3v) is 8.33. The number of amides is 1. The third-order valence-electron chi connectivity index (χ3n) is 7.86. The minimum Gasteiger partial charge on any atom is -0.424 e. The summed E-state index contributed by atoms with van der Waals surface area (Å²) < 4.78 is 53.0. The quantitative estimate of drug-likeness (QED) is 0.153. The van der Waals surface area contributed by atoms with Crippen molar-refractivity contribution in [1.29, 1.82) is 0 Å². The van der Waals surface area contributed by atoms with Gasteiger partial charge in [-0.3, -0.25) is 4.79 Å². The van der Waals surface area contributed by atoms with Gasteiger partial charge in [-0.25, -0.2) is 0 Å². The zero-order valence-electron chi connectivity index (χ0n) is 24.9. The minimum absolute atomic E-state index is 0.100. The molecule has 5 aromatic rings. The molecule has 3 aromatic carbocycles. The topological polar surface area (TPSA) is 118 Å². The van der Waals surface area contributed by atoms with Crippen molar-refractivity contribution in [2.75, 3.05) is 49.9 Å². The van der Waals surface area contributed by atoms with Crippen LogP contribution in [0.25, 0.3) is 22.2 Å². The number of halogens is 5. The molecule has 7 rings (SSSR count). The van der Waals surface area contributed by atoms with Crippen LogP contribution in [0, 0.1) is 11.8 Å². The number of rotatable bonds is 8. The maximum Gasteiger partial charge on any atom is 0.573 e. The molecule has 15 heteroatoms. The summed E-state index contributed by atoms with van der Waals surface area (Å²) in [7, 11) is 0. The van der Waals surface area contributed by atoms with Crippen molar-refractivity contribution in [3.05, 3.63) is 76.3 Å². The zero-order chi connectivity index (χ0) is 33.0. The normalized spacial score (nSPS) is 17.9. The third kappa shape index (κ3) is 8.59. The van der Waals surface area contributed by atoms with Crippen molar-refractivity contribution in [3.63, 3.8) is 0 Å². The fourth-order valence-electron chi connectivity index (χ4n) is 5.51. The Kier molecular flexibility index (Phi) is 9.95. The van der Waals surface area contributed by atoms with E-state index in [1.165, 1.54) is 29.5 Å². The van der Waals surface area contributed by atoms with E-state index in [0.717, 1.165) is 36.8 Å². The number of benzene rings is 3. The van der Waals surface area contributed by atoms with Crippen LogP contribution in [-0.4, -0.2) is 66.4 Å². The Bertz CT molecular complexity index is 1840. The van der Waals surface area contributed by atoms with Gasteiger partial charge < -0.3 is 34.4 Å². The number of aromatic nitrogens is 2. The highest BCUT2D eigenvalue weighted by molar-refractivity contribution is 6.31. The minimum atomic E-state index is -4.86. The van der Waals surface area contributed by atoms with E-state index in [-0.39, 0.29) is 11.5 Å². The lowest BCUT2D eigenvalue weighted by Gasteiger charge is -2.19. The average molecular weight is 692 g/mol. The molecular formula is C32H31Cl2F3N6O4. The van der Waals surface area contributed by atoms with Gasteiger partial charge in [-0.05, 0) is 74.2 Å². The molecule has 248 valence electrons. The average Bonchev–Trinajstić information content (AvgIpc) is 3.85. The van der Waals surface area contributed by atoms with Crippen molar-refractivity contribution in [1.82, 2.24) is 20.2 Å². The highest BCUT2D eigenvalue weighted by Gasteiger charge is 2.34. The lowest BCUT2D eigenvalue weighted by Crippen LogP contribution is -2.30. The number of alkyl halides is 3. The number of carbonyl (C=O) groups excluding carboxylic acids is 1. The van der Waals surface area contributed by atoms with Crippen molar-refractivity contribution in [2.45, 2.75) is 19.2 Å². The van der Waals surface area contributed by atoms with E-state index in [1.54, 1.807) is 24.3 Å². The van der Waals surface area contributed by atoms with Gasteiger partial charge in [0, 0.05) is 48.4 Å². The number of hydrogen-bond donors (Lipinski definition) is 3. The summed E-state index contributed by atoms with van der Waals surface area (Å²) in [6, 6.07) is 16.9. The van der Waals surface area contributed by atoms with Gasteiger partial charge in [0.1, 0.15) is 16.8 Å². The molecule has 3 N–H and O–H groups in total. The Morgan fingerprint density at radius 2 is 1.53 bits per heavy atom. The Balaban J connectivity index is 0.000000191. The smallest absolute Gasteiger partial charge is 0.424 e. The predicted octanol–water partition coefficient (Wildman–Crippen LogP) is 7.46.